The minimum atomic E-state index is -0.291. The second-order valence-corrected chi connectivity index (χ2v) is 10.9. The minimum absolute atomic E-state index is 0.0157. The lowest BCUT2D eigenvalue weighted by atomic mass is 9.83. The first kappa shape index (κ1) is 30.4. The molecule has 2 saturated carbocycles. The Labute approximate surface area is 223 Å². The molecule has 4 atom stereocenters. The Kier molecular flexibility index (Phi) is 14.4. The van der Waals surface area contributed by atoms with Crippen molar-refractivity contribution in [2.45, 2.75) is 101 Å². The van der Waals surface area contributed by atoms with Crippen molar-refractivity contribution < 1.29 is 33.3 Å². The molecular weight excluding hydrogens is 476 g/mol. The Balaban J connectivity index is 1.16. The van der Waals surface area contributed by atoms with Crippen molar-refractivity contribution in [3.63, 3.8) is 0 Å². The van der Waals surface area contributed by atoms with E-state index in [9.17, 15) is 9.59 Å². The first-order valence-electron chi connectivity index (χ1n) is 14.5. The zero-order valence-corrected chi connectivity index (χ0v) is 22.9. The van der Waals surface area contributed by atoms with E-state index in [1.807, 2.05) is 0 Å². The van der Waals surface area contributed by atoms with Crippen LogP contribution in [-0.4, -0.2) is 96.4 Å². The van der Waals surface area contributed by atoms with Crippen molar-refractivity contribution in [2.24, 2.45) is 5.41 Å². The number of methoxy groups -OCH3 is 1. The predicted molar refractivity (Wildman–Crippen MR) is 141 cm³/mol. The van der Waals surface area contributed by atoms with E-state index in [-0.39, 0.29) is 23.5 Å². The van der Waals surface area contributed by atoms with Crippen LogP contribution in [0.4, 0.5) is 0 Å². The summed E-state index contributed by atoms with van der Waals surface area (Å²) in [4.78, 5) is 24.1. The summed E-state index contributed by atoms with van der Waals surface area (Å²) in [5.41, 5.74) is -0.291. The van der Waals surface area contributed by atoms with Gasteiger partial charge < -0.3 is 39.1 Å². The van der Waals surface area contributed by atoms with Gasteiger partial charge in [-0.1, -0.05) is 19.3 Å². The zero-order valence-electron chi connectivity index (χ0n) is 22.9. The van der Waals surface area contributed by atoms with E-state index >= 15 is 0 Å². The average molecular weight is 527 g/mol. The average Bonchev–Trinajstić information content (AvgIpc) is 3.34. The molecule has 9 heteroatoms. The first-order chi connectivity index (χ1) is 18.1. The quantitative estimate of drug-likeness (QED) is 0.208. The summed E-state index contributed by atoms with van der Waals surface area (Å²) in [7, 11) is 1.73. The maximum Gasteiger partial charge on any atom is 0.222 e. The van der Waals surface area contributed by atoms with Gasteiger partial charge in [-0.2, -0.15) is 0 Å². The number of ether oxygens (including phenoxy) is 5. The van der Waals surface area contributed by atoms with Gasteiger partial charge in [0.05, 0.1) is 51.8 Å². The van der Waals surface area contributed by atoms with Crippen LogP contribution < -0.4 is 10.6 Å². The maximum absolute atomic E-state index is 12.1. The first-order valence-corrected chi connectivity index (χ1v) is 14.5. The number of amides is 1. The highest BCUT2D eigenvalue weighted by atomic mass is 16.5. The fourth-order valence-electron chi connectivity index (χ4n) is 5.88. The molecule has 3 fully saturated rings. The Hall–Kier alpha value is -1.10. The van der Waals surface area contributed by atoms with Crippen molar-refractivity contribution in [2.75, 3.05) is 59.9 Å². The third-order valence-electron chi connectivity index (χ3n) is 8.10. The van der Waals surface area contributed by atoms with Gasteiger partial charge in [0.25, 0.3) is 0 Å². The van der Waals surface area contributed by atoms with Crippen molar-refractivity contribution in [3.8, 4) is 0 Å². The molecule has 9 nitrogen and oxygen atoms in total. The van der Waals surface area contributed by atoms with Gasteiger partial charge in [0.15, 0.2) is 0 Å². The van der Waals surface area contributed by atoms with Crippen LogP contribution >= 0.6 is 0 Å². The number of carbonyl (C=O) groups excluding carboxylic acids is 2. The van der Waals surface area contributed by atoms with Crippen LogP contribution in [0.5, 0.6) is 0 Å². The number of nitrogens with one attached hydrogen (secondary N) is 2. The van der Waals surface area contributed by atoms with Gasteiger partial charge in [-0.15, -0.1) is 0 Å². The van der Waals surface area contributed by atoms with Crippen molar-refractivity contribution in [1.82, 2.24) is 10.6 Å². The third-order valence-corrected chi connectivity index (χ3v) is 8.10. The SMILES string of the molecule is COC1COCCC1NC1CCC(C=O)(CCCNC(=O)CCOCCOCCOC2CCCCC2)C1. The number of rotatable bonds is 18. The van der Waals surface area contributed by atoms with E-state index in [0.717, 1.165) is 51.4 Å². The van der Waals surface area contributed by atoms with Gasteiger partial charge >= 0.3 is 0 Å². The van der Waals surface area contributed by atoms with Crippen LogP contribution in [0.15, 0.2) is 0 Å². The molecule has 37 heavy (non-hydrogen) atoms. The molecular formula is C28H50N2O7. The van der Waals surface area contributed by atoms with Crippen molar-refractivity contribution in [1.29, 1.82) is 0 Å². The second-order valence-electron chi connectivity index (χ2n) is 10.9. The molecule has 0 aromatic rings. The smallest absolute Gasteiger partial charge is 0.222 e. The molecule has 214 valence electrons. The summed E-state index contributed by atoms with van der Waals surface area (Å²) in [6, 6.07) is 0.602. The van der Waals surface area contributed by atoms with Gasteiger partial charge in [-0.05, 0) is 51.4 Å². The van der Waals surface area contributed by atoms with E-state index < -0.39 is 0 Å². The Bertz CT molecular complexity index is 646. The molecule has 0 aromatic carbocycles. The summed E-state index contributed by atoms with van der Waals surface area (Å²) >= 11 is 0. The van der Waals surface area contributed by atoms with E-state index in [1.165, 1.54) is 32.1 Å². The lowest BCUT2D eigenvalue weighted by molar-refractivity contribution is -0.122. The molecule has 0 bridgehead atoms. The lowest BCUT2D eigenvalue weighted by Gasteiger charge is -2.33. The molecule has 0 spiro atoms. The molecule has 0 radical (unpaired) electrons. The lowest BCUT2D eigenvalue weighted by Crippen LogP contribution is -2.50. The van der Waals surface area contributed by atoms with Gasteiger partial charge in [0, 0.05) is 44.2 Å². The summed E-state index contributed by atoms with van der Waals surface area (Å²) in [6.45, 7) is 4.55. The van der Waals surface area contributed by atoms with Crippen LogP contribution in [-0.2, 0) is 33.3 Å². The normalized spacial score (nSPS) is 28.8. The Morgan fingerprint density at radius 3 is 2.59 bits per heavy atom. The summed E-state index contributed by atoms with van der Waals surface area (Å²) in [6.07, 6.45) is 13.5. The van der Waals surface area contributed by atoms with Crippen LogP contribution in [0, 0.1) is 5.41 Å². The molecule has 1 saturated heterocycles. The number of hydrogen-bond acceptors (Lipinski definition) is 8. The molecule has 0 aromatic heterocycles. The minimum Gasteiger partial charge on any atom is -0.379 e. The zero-order chi connectivity index (χ0) is 26.2. The standard InChI is InChI=1S/C28H50N2O7/c1-33-26-21-36-14-9-25(26)30-23-8-12-28(20-23,22-31)11-5-13-29-27(32)10-15-34-16-17-35-18-19-37-24-6-3-2-4-7-24/h22-26,30H,2-21H2,1H3,(H,29,32). The topological polar surface area (TPSA) is 104 Å². The van der Waals surface area contributed by atoms with E-state index in [4.69, 9.17) is 23.7 Å². The van der Waals surface area contributed by atoms with Crippen molar-refractivity contribution >= 4 is 12.2 Å². The molecule has 1 heterocycles. The van der Waals surface area contributed by atoms with Gasteiger partial charge in [0.1, 0.15) is 6.29 Å². The number of carbonyl (C=O) groups is 2. The predicted octanol–water partition coefficient (Wildman–Crippen LogP) is 2.79. The van der Waals surface area contributed by atoms with Crippen LogP contribution in [0.2, 0.25) is 0 Å². The number of aldehydes is 1. The molecule has 4 unspecified atom stereocenters. The monoisotopic (exact) mass is 526 g/mol. The van der Waals surface area contributed by atoms with E-state index in [2.05, 4.69) is 10.6 Å². The van der Waals surface area contributed by atoms with Crippen LogP contribution in [0.25, 0.3) is 0 Å². The third kappa shape index (κ3) is 11.3. The van der Waals surface area contributed by atoms with Gasteiger partial charge in [-0.25, -0.2) is 0 Å². The highest BCUT2D eigenvalue weighted by Crippen LogP contribution is 2.40. The fourth-order valence-corrected chi connectivity index (χ4v) is 5.88. The highest BCUT2D eigenvalue weighted by molar-refractivity contribution is 5.75. The largest absolute Gasteiger partial charge is 0.379 e. The summed E-state index contributed by atoms with van der Waals surface area (Å²) in [5, 5.41) is 6.67. The van der Waals surface area contributed by atoms with Crippen LogP contribution in [0.3, 0.4) is 0 Å². The van der Waals surface area contributed by atoms with E-state index in [1.54, 1.807) is 7.11 Å². The molecule has 1 aliphatic heterocycles. The van der Waals surface area contributed by atoms with Crippen molar-refractivity contribution in [3.05, 3.63) is 0 Å². The van der Waals surface area contributed by atoms with Gasteiger partial charge in [-0.3, -0.25) is 4.79 Å². The second kappa shape index (κ2) is 17.5. The maximum atomic E-state index is 12.1. The highest BCUT2D eigenvalue weighted by Gasteiger charge is 2.40. The molecule has 3 rings (SSSR count). The van der Waals surface area contributed by atoms with Gasteiger partial charge in [0.2, 0.25) is 5.91 Å². The molecule has 2 N–H and O–H groups in total. The molecule has 2 aliphatic carbocycles. The summed E-state index contributed by atoms with van der Waals surface area (Å²) < 4.78 is 28.0. The Morgan fingerprint density at radius 1 is 1.03 bits per heavy atom. The summed E-state index contributed by atoms with van der Waals surface area (Å²) in [5.74, 6) is -0.0157. The Morgan fingerprint density at radius 2 is 1.81 bits per heavy atom. The van der Waals surface area contributed by atoms with Crippen LogP contribution in [0.1, 0.15) is 77.0 Å². The molecule has 3 aliphatic rings. The fraction of sp³-hybridized carbons (Fsp3) is 0.929. The molecule has 1 amide bonds. The van der Waals surface area contributed by atoms with E-state index in [0.29, 0.717) is 64.8 Å². The number of hydrogen-bond donors (Lipinski definition) is 2.